The van der Waals surface area contributed by atoms with Crippen LogP contribution in [0.15, 0.2) is 42.5 Å². The van der Waals surface area contributed by atoms with Crippen LogP contribution < -0.4 is 11.2 Å². The summed E-state index contributed by atoms with van der Waals surface area (Å²) in [6.45, 7) is 4.63. The molecule has 0 aliphatic rings. The zero-order valence-electron chi connectivity index (χ0n) is 12.9. The lowest BCUT2D eigenvalue weighted by molar-refractivity contribution is -0.135. The maximum Gasteiger partial charge on any atom is 0.260 e. The number of rotatable bonds is 7. The average molecular weight is 318 g/mol. The van der Waals surface area contributed by atoms with Crippen molar-refractivity contribution in [3.63, 3.8) is 0 Å². The minimum absolute atomic E-state index is 0.296. The normalized spacial score (nSPS) is 12.4. The number of benzene rings is 1. The Morgan fingerprint density at radius 2 is 1.95 bits per heavy atom. The highest BCUT2D eigenvalue weighted by atomic mass is 32.1. The average Bonchev–Trinajstić information content (AvgIpc) is 2.97. The van der Waals surface area contributed by atoms with Gasteiger partial charge in [0.1, 0.15) is 0 Å². The predicted molar refractivity (Wildman–Crippen MR) is 89.5 cm³/mol. The molecule has 0 saturated heterocycles. The van der Waals surface area contributed by atoms with E-state index >= 15 is 0 Å². The largest absolute Gasteiger partial charge is 0.320 e. The number of nitrogens with one attached hydrogen (secondary N) is 1. The molecule has 0 spiro atoms. The molecule has 3 N–H and O–H groups in total. The number of hydrogen-bond donors (Lipinski definition) is 2. The van der Waals surface area contributed by atoms with Gasteiger partial charge in [0.25, 0.3) is 5.91 Å². The molecule has 1 aromatic heterocycles. The van der Waals surface area contributed by atoms with Crippen LogP contribution in [0.2, 0.25) is 0 Å². The van der Waals surface area contributed by atoms with Crippen molar-refractivity contribution in [2.45, 2.75) is 38.8 Å². The van der Waals surface area contributed by atoms with Gasteiger partial charge in [-0.3, -0.25) is 9.63 Å². The molecule has 4 nitrogen and oxygen atoms in total. The zero-order valence-corrected chi connectivity index (χ0v) is 13.7. The van der Waals surface area contributed by atoms with E-state index in [-0.39, 0.29) is 5.91 Å². The van der Waals surface area contributed by atoms with Crippen molar-refractivity contribution >= 4 is 17.2 Å². The third kappa shape index (κ3) is 4.94. The summed E-state index contributed by atoms with van der Waals surface area (Å²) >= 11 is 1.71. The van der Waals surface area contributed by atoms with Gasteiger partial charge in [0.2, 0.25) is 0 Å². The maximum atomic E-state index is 11.9. The fraction of sp³-hybridized carbons (Fsp3) is 0.353. The van der Waals surface area contributed by atoms with Gasteiger partial charge in [-0.05, 0) is 23.6 Å². The Morgan fingerprint density at radius 1 is 1.23 bits per heavy atom. The summed E-state index contributed by atoms with van der Waals surface area (Å²) in [7, 11) is 0. The van der Waals surface area contributed by atoms with Crippen LogP contribution in [0, 0.1) is 0 Å². The second-order valence-corrected chi connectivity index (χ2v) is 6.71. The molecule has 0 aliphatic carbocycles. The van der Waals surface area contributed by atoms with Crippen molar-refractivity contribution in [1.29, 1.82) is 0 Å². The molecule has 118 valence electrons. The first kappa shape index (κ1) is 16.7. The molecule has 0 aliphatic heterocycles. The Bertz CT molecular complexity index is 596. The fourth-order valence-electron chi connectivity index (χ4n) is 1.96. The number of thiophene rings is 1. The van der Waals surface area contributed by atoms with Crippen molar-refractivity contribution in [3.05, 3.63) is 57.8 Å². The molecule has 1 amide bonds. The van der Waals surface area contributed by atoms with Gasteiger partial charge in [-0.1, -0.05) is 44.2 Å². The number of hydroxylamine groups is 1. The van der Waals surface area contributed by atoms with Crippen molar-refractivity contribution < 1.29 is 9.63 Å². The topological polar surface area (TPSA) is 64.4 Å². The van der Waals surface area contributed by atoms with E-state index in [2.05, 4.69) is 25.4 Å². The second-order valence-electron chi connectivity index (χ2n) is 5.51. The highest BCUT2D eigenvalue weighted by Crippen LogP contribution is 2.24. The maximum absolute atomic E-state index is 11.9. The highest BCUT2D eigenvalue weighted by Gasteiger charge is 2.16. The van der Waals surface area contributed by atoms with Gasteiger partial charge in [0.05, 0.1) is 12.6 Å². The van der Waals surface area contributed by atoms with E-state index in [1.165, 1.54) is 4.88 Å². The molecule has 1 atom stereocenters. The third-order valence-corrected chi connectivity index (χ3v) is 4.67. The molecular formula is C17H22N2O2S. The van der Waals surface area contributed by atoms with E-state index < -0.39 is 6.04 Å². The van der Waals surface area contributed by atoms with Crippen molar-refractivity contribution in [2.75, 3.05) is 0 Å². The summed E-state index contributed by atoms with van der Waals surface area (Å²) in [6.07, 6.45) is 0.526. The number of carbonyl (C=O) groups is 1. The van der Waals surface area contributed by atoms with Crippen LogP contribution in [0.25, 0.3) is 0 Å². The Hall–Kier alpha value is -1.69. The summed E-state index contributed by atoms with van der Waals surface area (Å²) in [5.74, 6) is 0.202. The lowest BCUT2D eigenvalue weighted by Gasteiger charge is -2.11. The SMILES string of the molecule is CC(C)c1ccc(CC(N)C(=O)NOCc2ccccc2)s1. The minimum atomic E-state index is -0.602. The molecule has 0 radical (unpaired) electrons. The Balaban J connectivity index is 1.76. The first-order chi connectivity index (χ1) is 10.6. The van der Waals surface area contributed by atoms with Gasteiger partial charge in [-0.2, -0.15) is 0 Å². The second kappa shape index (κ2) is 8.08. The van der Waals surface area contributed by atoms with Crippen LogP contribution in [0.3, 0.4) is 0 Å². The van der Waals surface area contributed by atoms with E-state index in [0.29, 0.717) is 18.9 Å². The zero-order chi connectivity index (χ0) is 15.9. The van der Waals surface area contributed by atoms with Crippen molar-refractivity contribution in [1.82, 2.24) is 5.48 Å². The summed E-state index contributed by atoms with van der Waals surface area (Å²) in [6, 6.07) is 13.2. The number of hydrogen-bond acceptors (Lipinski definition) is 4. The Morgan fingerprint density at radius 3 is 2.59 bits per heavy atom. The van der Waals surface area contributed by atoms with Crippen molar-refractivity contribution in [3.8, 4) is 0 Å². The highest BCUT2D eigenvalue weighted by molar-refractivity contribution is 7.12. The first-order valence-electron chi connectivity index (χ1n) is 7.36. The lowest BCUT2D eigenvalue weighted by Crippen LogP contribution is -2.41. The van der Waals surface area contributed by atoms with E-state index in [1.807, 2.05) is 36.4 Å². The summed E-state index contributed by atoms with van der Waals surface area (Å²) < 4.78 is 0. The van der Waals surface area contributed by atoms with E-state index in [9.17, 15) is 4.79 Å². The van der Waals surface area contributed by atoms with Crippen LogP contribution in [0.4, 0.5) is 0 Å². The summed E-state index contributed by atoms with van der Waals surface area (Å²) in [5.41, 5.74) is 9.35. The fourth-order valence-corrected chi connectivity index (χ4v) is 3.04. The van der Waals surface area contributed by atoms with E-state index in [1.54, 1.807) is 11.3 Å². The van der Waals surface area contributed by atoms with Crippen LogP contribution in [-0.2, 0) is 22.7 Å². The molecule has 0 bridgehead atoms. The lowest BCUT2D eigenvalue weighted by atomic mass is 10.1. The van der Waals surface area contributed by atoms with Crippen molar-refractivity contribution in [2.24, 2.45) is 5.73 Å². The van der Waals surface area contributed by atoms with E-state index in [0.717, 1.165) is 10.4 Å². The van der Waals surface area contributed by atoms with Gasteiger partial charge in [0, 0.05) is 16.2 Å². The van der Waals surface area contributed by atoms with Gasteiger partial charge in [-0.15, -0.1) is 11.3 Å². The number of carbonyl (C=O) groups excluding carboxylic acids is 1. The van der Waals surface area contributed by atoms with Gasteiger partial charge in [-0.25, -0.2) is 5.48 Å². The Labute approximate surface area is 135 Å². The molecule has 1 aromatic carbocycles. The van der Waals surface area contributed by atoms with Crippen LogP contribution in [-0.4, -0.2) is 11.9 Å². The van der Waals surface area contributed by atoms with Gasteiger partial charge < -0.3 is 5.73 Å². The molecule has 1 unspecified atom stereocenters. The van der Waals surface area contributed by atoms with Crippen LogP contribution in [0.1, 0.15) is 35.1 Å². The number of nitrogens with two attached hydrogens (primary N) is 1. The molecular weight excluding hydrogens is 296 g/mol. The molecule has 0 fully saturated rings. The standard InChI is InChI=1S/C17H22N2O2S/c1-12(2)16-9-8-14(22-16)10-15(18)17(20)19-21-11-13-6-4-3-5-7-13/h3-9,12,15H,10-11,18H2,1-2H3,(H,19,20). The first-order valence-corrected chi connectivity index (χ1v) is 8.17. The molecule has 2 aromatic rings. The van der Waals surface area contributed by atoms with Crippen LogP contribution in [0.5, 0.6) is 0 Å². The molecule has 5 heteroatoms. The summed E-state index contributed by atoms with van der Waals surface area (Å²) in [4.78, 5) is 19.6. The minimum Gasteiger partial charge on any atom is -0.320 e. The number of amides is 1. The predicted octanol–water partition coefficient (Wildman–Crippen LogP) is 2.99. The third-order valence-electron chi connectivity index (χ3n) is 3.26. The summed E-state index contributed by atoms with van der Waals surface area (Å²) in [5, 5.41) is 0. The molecule has 0 saturated carbocycles. The smallest absolute Gasteiger partial charge is 0.260 e. The molecule has 22 heavy (non-hydrogen) atoms. The molecule has 2 rings (SSSR count). The van der Waals surface area contributed by atoms with E-state index in [4.69, 9.17) is 10.6 Å². The Kier molecular flexibility index (Phi) is 6.12. The quantitative estimate of drug-likeness (QED) is 0.771. The molecule has 1 heterocycles. The van der Waals surface area contributed by atoms with Gasteiger partial charge >= 0.3 is 0 Å². The monoisotopic (exact) mass is 318 g/mol. The van der Waals surface area contributed by atoms with Crippen LogP contribution >= 0.6 is 11.3 Å². The van der Waals surface area contributed by atoms with Gasteiger partial charge in [0.15, 0.2) is 0 Å².